The van der Waals surface area contributed by atoms with E-state index < -0.39 is 144 Å². The van der Waals surface area contributed by atoms with E-state index in [-0.39, 0.29) is 31.5 Å². The Morgan fingerprint density at radius 3 is 0.586 bits per heavy atom. The second kappa shape index (κ2) is 16.3. The second-order valence-electron chi connectivity index (χ2n) is 11.0. The van der Waals surface area contributed by atoms with Crippen molar-refractivity contribution in [2.45, 2.75) is 0 Å². The summed E-state index contributed by atoms with van der Waals surface area (Å²) in [6.45, 7) is 0. The van der Waals surface area contributed by atoms with Gasteiger partial charge in [0.15, 0.2) is 80.1 Å². The third-order valence-electron chi connectivity index (χ3n) is 7.97. The SMILES string of the molecule is Fc1c(F)c(F)c([B-](c2c(F)c(F)c(F)c(F)c2F)(c2c(F)c(F)c(F)c(F)c2F)c2c(F)c(F)c(F)c(F)c2F)c(F)c1F.Fc1ccc([I+]c2ccc(F)s2)s1. The van der Waals surface area contributed by atoms with Gasteiger partial charge in [0.05, 0.1) is 0 Å². The van der Waals surface area contributed by atoms with Crippen molar-refractivity contribution in [2.24, 2.45) is 0 Å². The average molecular weight is 1010 g/mol. The lowest BCUT2D eigenvalue weighted by atomic mass is 9.12. The van der Waals surface area contributed by atoms with Gasteiger partial charge < -0.3 is 0 Å². The fraction of sp³-hybridized carbons (Fsp3) is 0. The molecule has 0 aliphatic rings. The van der Waals surface area contributed by atoms with E-state index >= 15 is 35.1 Å². The fourth-order valence-corrected chi connectivity index (χ4v) is 11.3. The summed E-state index contributed by atoms with van der Waals surface area (Å²) in [7, 11) is 0. The summed E-state index contributed by atoms with van der Waals surface area (Å²) in [6, 6.07) is 6.49. The molecule has 58 heavy (non-hydrogen) atoms. The van der Waals surface area contributed by atoms with Crippen LogP contribution in [-0.2, 0) is 0 Å². The third kappa shape index (κ3) is 6.96. The van der Waals surface area contributed by atoms with Gasteiger partial charge in [-0.3, -0.25) is 0 Å². The number of thiophene rings is 2. The largest absolute Gasteiger partial charge is 0.381 e. The summed E-state index contributed by atoms with van der Waals surface area (Å²) in [6.07, 6.45) is -7.22. The van der Waals surface area contributed by atoms with Crippen molar-refractivity contribution in [2.75, 3.05) is 0 Å². The van der Waals surface area contributed by atoms with Crippen molar-refractivity contribution in [1.82, 2.24) is 0 Å². The molecular formula is C32H4BF22IS2. The first kappa shape index (κ1) is 44.6. The Morgan fingerprint density at radius 2 is 0.431 bits per heavy atom. The van der Waals surface area contributed by atoms with Crippen LogP contribution in [-0.4, -0.2) is 6.15 Å². The van der Waals surface area contributed by atoms with E-state index in [0.29, 0.717) is 0 Å². The summed E-state index contributed by atoms with van der Waals surface area (Å²) < 4.78 is 321. The van der Waals surface area contributed by atoms with Crippen molar-refractivity contribution in [1.29, 1.82) is 0 Å². The van der Waals surface area contributed by atoms with Crippen LogP contribution in [0.5, 0.6) is 0 Å². The van der Waals surface area contributed by atoms with Crippen molar-refractivity contribution < 1.29 is 118 Å². The lowest BCUT2D eigenvalue weighted by Crippen LogP contribution is -3.61. The van der Waals surface area contributed by atoms with E-state index in [4.69, 9.17) is 0 Å². The molecule has 0 nitrogen and oxygen atoms in total. The molecule has 0 radical (unpaired) electrons. The Kier molecular flexibility index (Phi) is 12.5. The second-order valence-corrected chi connectivity index (χ2v) is 17.4. The summed E-state index contributed by atoms with van der Waals surface area (Å²) in [4.78, 5) is 0. The third-order valence-corrected chi connectivity index (χ3v) is 13.4. The molecule has 0 fully saturated rings. The summed E-state index contributed by atoms with van der Waals surface area (Å²) in [5.74, 6) is -71.4. The highest BCUT2D eigenvalue weighted by molar-refractivity contribution is 7.20. The molecule has 2 heterocycles. The fourth-order valence-electron chi connectivity index (χ4n) is 5.65. The van der Waals surface area contributed by atoms with Crippen LogP contribution in [0.3, 0.4) is 0 Å². The van der Waals surface area contributed by atoms with Gasteiger partial charge in [0.25, 0.3) is 5.77 Å². The van der Waals surface area contributed by atoms with Crippen molar-refractivity contribution in [3.05, 3.63) is 157 Å². The molecule has 0 unspecified atom stereocenters. The number of halogens is 23. The molecule has 0 spiro atoms. The summed E-state index contributed by atoms with van der Waals surface area (Å²) >= 11 is 1.94. The van der Waals surface area contributed by atoms with Crippen LogP contribution in [0.2, 0.25) is 0 Å². The molecule has 0 saturated carbocycles. The topological polar surface area (TPSA) is 0 Å². The summed E-state index contributed by atoms with van der Waals surface area (Å²) in [5, 5.41) is -0.321. The lowest BCUT2D eigenvalue weighted by molar-refractivity contribution is -0.585. The van der Waals surface area contributed by atoms with Crippen molar-refractivity contribution in [3.8, 4) is 0 Å². The maximum Gasteiger partial charge on any atom is 0.381 e. The molecule has 6 aromatic rings. The van der Waals surface area contributed by atoms with Gasteiger partial charge in [0.1, 0.15) is 52.7 Å². The van der Waals surface area contributed by atoms with Crippen LogP contribution in [0.15, 0.2) is 24.3 Å². The van der Waals surface area contributed by atoms with Crippen LogP contribution < -0.4 is 43.1 Å². The quantitative estimate of drug-likeness (QED) is 0.0627. The maximum atomic E-state index is 15.4. The monoisotopic (exact) mass is 1010 g/mol. The first-order chi connectivity index (χ1) is 26.9. The number of rotatable bonds is 6. The molecule has 26 heteroatoms. The van der Waals surface area contributed by atoms with Crippen molar-refractivity contribution >= 4 is 50.7 Å². The highest BCUT2D eigenvalue weighted by Gasteiger charge is 2.52. The Morgan fingerprint density at radius 1 is 0.259 bits per heavy atom. The normalized spacial score (nSPS) is 11.7. The Labute approximate surface area is 324 Å². The van der Waals surface area contributed by atoms with Gasteiger partial charge >= 0.3 is 21.2 Å². The zero-order chi connectivity index (χ0) is 43.6. The van der Waals surface area contributed by atoms with Crippen molar-refractivity contribution in [3.63, 3.8) is 0 Å². The van der Waals surface area contributed by atoms with Crippen LogP contribution in [0.4, 0.5) is 96.6 Å². The van der Waals surface area contributed by atoms with E-state index in [2.05, 4.69) is 0 Å². The molecule has 0 saturated heterocycles. The molecule has 0 amide bonds. The molecule has 0 N–H and O–H groups in total. The average Bonchev–Trinajstić information content (AvgIpc) is 3.80. The predicted molar refractivity (Wildman–Crippen MR) is 155 cm³/mol. The first-order valence-corrected chi connectivity index (χ1v) is 18.1. The highest BCUT2D eigenvalue weighted by atomic mass is 127. The predicted octanol–water partition coefficient (Wildman–Crippen LogP) is 6.06. The van der Waals surface area contributed by atoms with Crippen LogP contribution >= 0.6 is 22.7 Å². The molecule has 6 rings (SSSR count). The smallest absolute Gasteiger partial charge is 0.207 e. The standard InChI is InChI=1S/C24BF20.C8H4F2IS2/c26-5-1(6(27)14(35)21(42)13(5)34)25(2-7(28)15(36)22(43)16(37)8(2)29,3-9(30)17(38)23(44)18(39)10(3)31)4-11(32)19(40)24(45)20(41)12(4)33;9-5-1-3-7(12-5)11-8-4-2-6(10)13-8/h;1-4H/q-1;+1. The molecule has 0 aliphatic carbocycles. The van der Waals surface area contributed by atoms with Crippen LogP contribution in [0, 0.1) is 132 Å². The molecule has 0 aliphatic heterocycles. The van der Waals surface area contributed by atoms with E-state index in [1.54, 1.807) is 12.1 Å². The molecular weight excluding hydrogens is 1000 g/mol. The van der Waals surface area contributed by atoms with Gasteiger partial charge in [-0.25, -0.2) is 87.8 Å². The number of hydrogen-bond donors (Lipinski definition) is 0. The number of hydrogen-bond acceptors (Lipinski definition) is 2. The Balaban J connectivity index is 0.000000414. The minimum Gasteiger partial charge on any atom is -0.207 e. The minimum absolute atomic E-state index is 0.160. The van der Waals surface area contributed by atoms with Gasteiger partial charge in [-0.1, -0.05) is 22.7 Å². The van der Waals surface area contributed by atoms with E-state index in [9.17, 15) is 61.5 Å². The van der Waals surface area contributed by atoms with Crippen LogP contribution in [0.25, 0.3) is 0 Å². The lowest BCUT2D eigenvalue weighted by Gasteiger charge is -2.44. The zero-order valence-electron chi connectivity index (χ0n) is 26.4. The van der Waals surface area contributed by atoms with Gasteiger partial charge in [-0.15, -0.1) is 21.9 Å². The van der Waals surface area contributed by atoms with Gasteiger partial charge in [-0.05, 0) is 12.1 Å². The molecule has 0 bridgehead atoms. The van der Waals surface area contributed by atoms with Gasteiger partial charge in [-0.2, -0.15) is 8.78 Å². The highest BCUT2D eigenvalue weighted by Crippen LogP contribution is 2.30. The summed E-state index contributed by atoms with van der Waals surface area (Å²) in [5.41, 5.74) is -14.3. The molecule has 308 valence electrons. The van der Waals surface area contributed by atoms with E-state index in [0.717, 1.165) is 28.4 Å². The van der Waals surface area contributed by atoms with Crippen LogP contribution in [0.1, 0.15) is 0 Å². The maximum absolute atomic E-state index is 15.4. The van der Waals surface area contributed by atoms with Gasteiger partial charge in [0, 0.05) is 12.1 Å². The molecule has 4 aromatic carbocycles. The molecule has 0 atom stereocenters. The van der Waals surface area contributed by atoms with E-state index in [1.165, 1.54) is 12.1 Å². The van der Waals surface area contributed by atoms with Gasteiger partial charge in [0.2, 0.25) is 0 Å². The zero-order valence-corrected chi connectivity index (χ0v) is 30.2. The Bertz CT molecular complexity index is 2220. The number of benzene rings is 4. The van der Waals surface area contributed by atoms with E-state index in [1.807, 2.05) is 0 Å². The Hall–Kier alpha value is -4.47. The minimum atomic E-state index is -7.22. The first-order valence-electron chi connectivity index (χ1n) is 14.3. The molecule has 2 aromatic heterocycles.